The molecule has 1 fully saturated rings. The molecule has 1 aliphatic heterocycles. The van der Waals surface area contributed by atoms with Gasteiger partial charge in [0.05, 0.1) is 12.7 Å². The third-order valence-electron chi connectivity index (χ3n) is 5.20. The predicted octanol–water partition coefficient (Wildman–Crippen LogP) is 0.674. The van der Waals surface area contributed by atoms with Crippen molar-refractivity contribution in [3.63, 3.8) is 0 Å². The van der Waals surface area contributed by atoms with Gasteiger partial charge in [-0.05, 0) is 12.1 Å². The van der Waals surface area contributed by atoms with E-state index in [1.54, 1.807) is 29.3 Å². The van der Waals surface area contributed by atoms with Gasteiger partial charge in [-0.1, -0.05) is 6.07 Å². The van der Waals surface area contributed by atoms with Gasteiger partial charge in [-0.25, -0.2) is 8.42 Å². The number of piperazine rings is 1. The van der Waals surface area contributed by atoms with Crippen LogP contribution in [0.3, 0.4) is 0 Å². The fraction of sp³-hybridized carbons (Fsp3) is 0.421. The van der Waals surface area contributed by atoms with Crippen LogP contribution in [0.1, 0.15) is 24.4 Å². The van der Waals surface area contributed by atoms with Crippen molar-refractivity contribution in [2.45, 2.75) is 18.9 Å². The highest BCUT2D eigenvalue weighted by Crippen LogP contribution is 2.31. The van der Waals surface area contributed by atoms with E-state index in [0.29, 0.717) is 22.2 Å². The molecule has 2 heterocycles. The largest absolute Gasteiger partial charge is 0.481 e. The Bertz CT molecular complexity index is 1100. The van der Waals surface area contributed by atoms with Crippen molar-refractivity contribution in [2.75, 3.05) is 37.8 Å². The molecule has 0 radical (unpaired) electrons. The van der Waals surface area contributed by atoms with Crippen LogP contribution < -0.4 is 5.32 Å². The number of benzene rings is 1. The summed E-state index contributed by atoms with van der Waals surface area (Å²) in [6.45, 7) is 1.01. The first-order valence-electron chi connectivity index (χ1n) is 9.61. The second-order valence-electron chi connectivity index (χ2n) is 7.39. The lowest BCUT2D eigenvalue weighted by Crippen LogP contribution is -2.50. The van der Waals surface area contributed by atoms with Gasteiger partial charge in [-0.2, -0.15) is 4.31 Å². The number of hydrogen-bond donors (Lipinski definition) is 4. The number of aliphatic carboxylic acids is 2. The molecule has 1 aliphatic rings. The smallest absolute Gasteiger partial charge is 0.325 e. The molecule has 1 aromatic carbocycles. The molecule has 0 spiro atoms. The SMILES string of the molecule is CS(=O)(=O)N1CCN([C@@H](C(=O)O)c2c[nH]c3cc(NC(=O)CCC(=O)O)ccc23)CC1. The monoisotopic (exact) mass is 452 g/mol. The summed E-state index contributed by atoms with van der Waals surface area (Å²) in [4.78, 5) is 39.2. The lowest BCUT2D eigenvalue weighted by molar-refractivity contribution is -0.144. The van der Waals surface area contributed by atoms with Crippen molar-refractivity contribution in [3.8, 4) is 0 Å². The molecular formula is C19H24N4O7S. The topological polar surface area (TPSA) is 160 Å². The minimum atomic E-state index is -3.32. The van der Waals surface area contributed by atoms with E-state index in [1.807, 2.05) is 0 Å². The van der Waals surface area contributed by atoms with Gasteiger partial charge >= 0.3 is 11.9 Å². The van der Waals surface area contributed by atoms with Crippen LogP contribution in [0.25, 0.3) is 10.9 Å². The number of hydrogen-bond acceptors (Lipinski definition) is 6. The number of carboxylic acid groups (broad SMARTS) is 2. The Labute approximate surface area is 178 Å². The fourth-order valence-corrected chi connectivity index (χ4v) is 4.50. The molecule has 31 heavy (non-hydrogen) atoms. The molecule has 0 aliphatic carbocycles. The summed E-state index contributed by atoms with van der Waals surface area (Å²) in [5.41, 5.74) is 1.62. The second kappa shape index (κ2) is 9.04. The number of carbonyl (C=O) groups excluding carboxylic acids is 1. The van der Waals surface area contributed by atoms with Gasteiger partial charge in [0.25, 0.3) is 0 Å². The Morgan fingerprint density at radius 1 is 1.13 bits per heavy atom. The van der Waals surface area contributed by atoms with Crippen LogP contribution in [0.4, 0.5) is 5.69 Å². The first kappa shape index (κ1) is 22.7. The normalized spacial score (nSPS) is 16.8. The highest BCUT2D eigenvalue weighted by atomic mass is 32.2. The molecule has 4 N–H and O–H groups in total. The van der Waals surface area contributed by atoms with E-state index in [-0.39, 0.29) is 39.0 Å². The van der Waals surface area contributed by atoms with Gasteiger partial charge in [0.15, 0.2) is 0 Å². The second-order valence-corrected chi connectivity index (χ2v) is 9.37. The number of H-pyrrole nitrogens is 1. The first-order valence-corrected chi connectivity index (χ1v) is 11.5. The number of nitrogens with zero attached hydrogens (tertiary/aromatic N) is 2. The summed E-state index contributed by atoms with van der Waals surface area (Å²) in [5, 5.41) is 21.8. The molecule has 3 rings (SSSR count). The molecule has 1 amide bonds. The van der Waals surface area contributed by atoms with Crippen LogP contribution in [0.5, 0.6) is 0 Å². The van der Waals surface area contributed by atoms with Crippen molar-refractivity contribution >= 4 is 44.5 Å². The number of aromatic nitrogens is 1. The first-order chi connectivity index (χ1) is 14.6. The zero-order valence-corrected chi connectivity index (χ0v) is 17.7. The van der Waals surface area contributed by atoms with Crippen LogP contribution >= 0.6 is 0 Å². The van der Waals surface area contributed by atoms with Crippen LogP contribution in [-0.2, 0) is 24.4 Å². The standard InChI is InChI=1S/C19H24N4O7S/c1-31(29,30)23-8-6-22(7-9-23)18(19(27)28)14-11-20-15-10-12(2-3-13(14)15)21-16(24)4-5-17(25)26/h2-3,10-11,18,20H,4-9H2,1H3,(H,21,24)(H,25,26)(H,27,28)/t18-/m1/s1. The van der Waals surface area contributed by atoms with E-state index in [4.69, 9.17) is 5.11 Å². The Balaban J connectivity index is 1.78. The Hall–Kier alpha value is -2.96. The van der Waals surface area contributed by atoms with Crippen LogP contribution in [0.15, 0.2) is 24.4 Å². The molecule has 1 atom stereocenters. The Morgan fingerprint density at radius 3 is 2.39 bits per heavy atom. The number of amides is 1. The number of rotatable bonds is 8. The quantitative estimate of drug-likeness (QED) is 0.455. The molecule has 0 unspecified atom stereocenters. The maximum atomic E-state index is 12.1. The average molecular weight is 452 g/mol. The van der Waals surface area contributed by atoms with Crippen molar-refractivity contribution in [3.05, 3.63) is 30.0 Å². The predicted molar refractivity (Wildman–Crippen MR) is 112 cm³/mol. The molecule has 2 aromatic rings. The number of fused-ring (bicyclic) bond motifs is 1. The van der Waals surface area contributed by atoms with Crippen LogP contribution in [-0.4, -0.2) is 83.1 Å². The van der Waals surface area contributed by atoms with Gasteiger partial charge in [0.1, 0.15) is 6.04 Å². The number of nitrogens with one attached hydrogen (secondary N) is 2. The number of aromatic amines is 1. The van der Waals surface area contributed by atoms with Crippen LogP contribution in [0.2, 0.25) is 0 Å². The van der Waals surface area contributed by atoms with E-state index in [1.165, 1.54) is 4.31 Å². The average Bonchev–Trinajstić information content (AvgIpc) is 3.09. The number of anilines is 1. The van der Waals surface area contributed by atoms with Gasteiger partial charge in [-0.3, -0.25) is 19.3 Å². The highest BCUT2D eigenvalue weighted by molar-refractivity contribution is 7.88. The summed E-state index contributed by atoms with van der Waals surface area (Å²) in [6.07, 6.45) is 2.31. The maximum Gasteiger partial charge on any atom is 0.325 e. The van der Waals surface area contributed by atoms with Gasteiger partial charge in [0.2, 0.25) is 15.9 Å². The number of carbonyl (C=O) groups is 3. The van der Waals surface area contributed by atoms with Crippen molar-refractivity contribution in [2.24, 2.45) is 0 Å². The van der Waals surface area contributed by atoms with Crippen molar-refractivity contribution in [1.82, 2.24) is 14.2 Å². The minimum absolute atomic E-state index is 0.149. The van der Waals surface area contributed by atoms with Crippen molar-refractivity contribution < 1.29 is 33.0 Å². The molecule has 0 saturated carbocycles. The van der Waals surface area contributed by atoms with E-state index >= 15 is 0 Å². The third-order valence-corrected chi connectivity index (χ3v) is 6.50. The third kappa shape index (κ3) is 5.40. The summed E-state index contributed by atoms with van der Waals surface area (Å²) in [5.74, 6) is -2.53. The summed E-state index contributed by atoms with van der Waals surface area (Å²) in [6, 6.07) is 4.01. The van der Waals surface area contributed by atoms with E-state index in [9.17, 15) is 27.9 Å². The lowest BCUT2D eigenvalue weighted by Gasteiger charge is -2.36. The Morgan fingerprint density at radius 2 is 1.81 bits per heavy atom. The maximum absolute atomic E-state index is 12.1. The summed E-state index contributed by atoms with van der Waals surface area (Å²) < 4.78 is 24.8. The zero-order valence-electron chi connectivity index (χ0n) is 16.9. The molecular weight excluding hydrogens is 428 g/mol. The lowest BCUT2D eigenvalue weighted by atomic mass is 10.0. The summed E-state index contributed by atoms with van der Waals surface area (Å²) in [7, 11) is -3.32. The van der Waals surface area contributed by atoms with Crippen LogP contribution in [0, 0.1) is 0 Å². The van der Waals surface area contributed by atoms with E-state index in [2.05, 4.69) is 10.3 Å². The molecule has 0 bridgehead atoms. The summed E-state index contributed by atoms with van der Waals surface area (Å²) >= 11 is 0. The van der Waals surface area contributed by atoms with Gasteiger partial charge in [-0.15, -0.1) is 0 Å². The Kier molecular flexibility index (Phi) is 6.62. The highest BCUT2D eigenvalue weighted by Gasteiger charge is 2.33. The number of sulfonamides is 1. The van der Waals surface area contributed by atoms with Crippen molar-refractivity contribution in [1.29, 1.82) is 0 Å². The minimum Gasteiger partial charge on any atom is -0.481 e. The molecule has 1 saturated heterocycles. The van der Waals surface area contributed by atoms with Gasteiger partial charge < -0.3 is 20.5 Å². The van der Waals surface area contributed by atoms with E-state index < -0.39 is 33.9 Å². The molecule has 168 valence electrons. The van der Waals surface area contributed by atoms with Gasteiger partial charge in [0, 0.05) is 61.0 Å². The van der Waals surface area contributed by atoms with E-state index in [0.717, 1.165) is 6.26 Å². The number of carboxylic acids is 2. The zero-order chi connectivity index (χ0) is 22.8. The molecule has 1 aromatic heterocycles. The molecule has 12 heteroatoms. The molecule has 11 nitrogen and oxygen atoms in total. The fourth-order valence-electron chi connectivity index (χ4n) is 3.68.